The predicted octanol–water partition coefficient (Wildman–Crippen LogP) is 4.59. The first-order valence-corrected chi connectivity index (χ1v) is 9.53. The van der Waals surface area contributed by atoms with E-state index in [1.54, 1.807) is 19.2 Å². The van der Waals surface area contributed by atoms with Crippen molar-refractivity contribution in [2.24, 2.45) is 7.05 Å². The van der Waals surface area contributed by atoms with Gasteiger partial charge >= 0.3 is 0 Å². The Labute approximate surface area is 173 Å². The van der Waals surface area contributed by atoms with Crippen molar-refractivity contribution >= 4 is 22.5 Å². The highest BCUT2D eigenvalue weighted by Crippen LogP contribution is 2.23. The third kappa shape index (κ3) is 3.80. The molecule has 4 rings (SSSR count). The number of anilines is 1. The van der Waals surface area contributed by atoms with Crippen molar-refractivity contribution in [3.63, 3.8) is 0 Å². The molecule has 0 aliphatic carbocycles. The molecule has 0 saturated heterocycles. The maximum absolute atomic E-state index is 12.8. The summed E-state index contributed by atoms with van der Waals surface area (Å²) >= 11 is 0. The predicted molar refractivity (Wildman–Crippen MR) is 117 cm³/mol. The summed E-state index contributed by atoms with van der Waals surface area (Å²) in [4.78, 5) is 29.3. The van der Waals surface area contributed by atoms with Gasteiger partial charge in [-0.15, -0.1) is 0 Å². The third-order valence-corrected chi connectivity index (χ3v) is 5.09. The van der Waals surface area contributed by atoms with E-state index in [4.69, 9.17) is 4.74 Å². The average Bonchev–Trinajstić information content (AvgIpc) is 2.75. The Morgan fingerprint density at radius 3 is 2.53 bits per heavy atom. The van der Waals surface area contributed by atoms with Crippen LogP contribution in [0.1, 0.15) is 21.5 Å². The van der Waals surface area contributed by atoms with Crippen LogP contribution in [0.2, 0.25) is 0 Å². The van der Waals surface area contributed by atoms with Crippen molar-refractivity contribution < 1.29 is 9.53 Å². The number of amides is 1. The maximum Gasteiger partial charge on any atom is 0.256 e. The average molecular weight is 399 g/mol. The van der Waals surface area contributed by atoms with E-state index in [9.17, 15) is 9.59 Å². The fourth-order valence-corrected chi connectivity index (χ4v) is 3.21. The van der Waals surface area contributed by atoms with Gasteiger partial charge in [0.05, 0.1) is 23.0 Å². The molecule has 1 N–H and O–H groups in total. The number of aryl methyl sites for hydroxylation is 3. The lowest BCUT2D eigenvalue weighted by Gasteiger charge is -2.11. The van der Waals surface area contributed by atoms with Crippen LogP contribution in [0.25, 0.3) is 10.9 Å². The van der Waals surface area contributed by atoms with E-state index in [1.807, 2.05) is 56.3 Å². The lowest BCUT2D eigenvalue weighted by Crippen LogP contribution is -2.21. The Morgan fingerprint density at radius 2 is 1.80 bits per heavy atom. The van der Waals surface area contributed by atoms with E-state index in [2.05, 4.69) is 10.3 Å². The first-order chi connectivity index (χ1) is 14.4. The molecule has 0 spiro atoms. The van der Waals surface area contributed by atoms with Crippen LogP contribution in [0.4, 0.5) is 5.69 Å². The van der Waals surface area contributed by atoms with Crippen molar-refractivity contribution in [2.45, 2.75) is 13.8 Å². The number of ether oxygens (including phenoxy) is 1. The number of pyridine rings is 2. The van der Waals surface area contributed by atoms with Gasteiger partial charge in [0.25, 0.3) is 11.5 Å². The van der Waals surface area contributed by atoms with E-state index in [0.29, 0.717) is 33.8 Å². The first-order valence-electron chi connectivity index (χ1n) is 9.53. The number of carbonyl (C=O) groups is 1. The Hall–Kier alpha value is -3.93. The van der Waals surface area contributed by atoms with Crippen LogP contribution < -0.4 is 15.6 Å². The minimum absolute atomic E-state index is 0.242. The zero-order chi connectivity index (χ0) is 21.3. The van der Waals surface area contributed by atoms with Gasteiger partial charge in [-0.3, -0.25) is 9.59 Å². The molecule has 0 aliphatic rings. The summed E-state index contributed by atoms with van der Waals surface area (Å²) in [5.74, 6) is 0.762. The normalized spacial score (nSPS) is 10.8. The van der Waals surface area contributed by atoms with Crippen LogP contribution in [0.5, 0.6) is 11.6 Å². The molecule has 0 aliphatic heterocycles. The number of fused-ring (bicyclic) bond motifs is 1. The highest BCUT2D eigenvalue weighted by atomic mass is 16.5. The Morgan fingerprint density at radius 1 is 1.00 bits per heavy atom. The standard InChI is InChI=1S/C24H21N3O3/c1-15-8-10-18(12-16(15)2)30-22-11-9-17(14-25-22)26-24(29)20-13-23(28)27(3)21-7-5-4-6-19(20)21/h4-14H,1-3H3,(H,26,29). The van der Waals surface area contributed by atoms with Gasteiger partial charge < -0.3 is 14.6 Å². The fraction of sp³-hybridized carbons (Fsp3) is 0.125. The lowest BCUT2D eigenvalue weighted by molar-refractivity contribution is 0.102. The molecule has 150 valence electrons. The largest absolute Gasteiger partial charge is 0.439 e. The SMILES string of the molecule is Cc1ccc(Oc2ccc(NC(=O)c3cc(=O)n(C)c4ccccc34)cn2)cc1C. The van der Waals surface area contributed by atoms with Crippen molar-refractivity contribution in [1.29, 1.82) is 0 Å². The van der Waals surface area contributed by atoms with E-state index < -0.39 is 0 Å². The van der Waals surface area contributed by atoms with E-state index in [1.165, 1.54) is 22.4 Å². The smallest absolute Gasteiger partial charge is 0.256 e. The number of rotatable bonds is 4. The molecule has 30 heavy (non-hydrogen) atoms. The summed E-state index contributed by atoms with van der Waals surface area (Å²) in [6.45, 7) is 4.06. The van der Waals surface area contributed by atoms with Gasteiger partial charge in [0, 0.05) is 24.6 Å². The second-order valence-corrected chi connectivity index (χ2v) is 7.16. The van der Waals surface area contributed by atoms with Crippen molar-refractivity contribution in [3.05, 3.63) is 93.9 Å². The Balaban J connectivity index is 1.54. The van der Waals surface area contributed by atoms with Crippen LogP contribution in [0.3, 0.4) is 0 Å². The maximum atomic E-state index is 12.8. The van der Waals surface area contributed by atoms with Crippen molar-refractivity contribution in [2.75, 3.05) is 5.32 Å². The summed E-state index contributed by atoms with van der Waals surface area (Å²) in [6.07, 6.45) is 1.53. The summed E-state index contributed by atoms with van der Waals surface area (Å²) in [7, 11) is 1.69. The monoisotopic (exact) mass is 399 g/mol. The number of para-hydroxylation sites is 1. The summed E-state index contributed by atoms with van der Waals surface area (Å²) in [6, 6.07) is 17.9. The molecular weight excluding hydrogens is 378 g/mol. The molecule has 1 amide bonds. The number of nitrogens with zero attached hydrogens (tertiary/aromatic N) is 2. The van der Waals surface area contributed by atoms with E-state index >= 15 is 0 Å². The first kappa shape index (κ1) is 19.4. The minimum Gasteiger partial charge on any atom is -0.439 e. The zero-order valence-electron chi connectivity index (χ0n) is 17.0. The van der Waals surface area contributed by atoms with Crippen LogP contribution in [-0.4, -0.2) is 15.5 Å². The molecule has 0 bridgehead atoms. The Kier molecular flexibility index (Phi) is 5.06. The van der Waals surface area contributed by atoms with Gasteiger partial charge in [-0.05, 0) is 49.2 Å². The number of aromatic nitrogens is 2. The fourth-order valence-electron chi connectivity index (χ4n) is 3.21. The molecule has 2 aromatic heterocycles. The van der Waals surface area contributed by atoms with Crippen LogP contribution in [0.15, 0.2) is 71.7 Å². The summed E-state index contributed by atoms with van der Waals surface area (Å²) in [5.41, 5.74) is 3.62. The van der Waals surface area contributed by atoms with Crippen molar-refractivity contribution in [3.8, 4) is 11.6 Å². The molecule has 0 radical (unpaired) electrons. The van der Waals surface area contributed by atoms with Gasteiger partial charge in [-0.1, -0.05) is 24.3 Å². The summed E-state index contributed by atoms with van der Waals surface area (Å²) < 4.78 is 7.30. The molecule has 6 nitrogen and oxygen atoms in total. The highest BCUT2D eigenvalue weighted by Gasteiger charge is 2.14. The van der Waals surface area contributed by atoms with Gasteiger partial charge in [-0.2, -0.15) is 0 Å². The second kappa shape index (κ2) is 7.83. The molecule has 6 heteroatoms. The molecule has 0 unspecified atom stereocenters. The zero-order valence-corrected chi connectivity index (χ0v) is 17.0. The number of hydrogen-bond donors (Lipinski definition) is 1. The van der Waals surface area contributed by atoms with E-state index in [0.717, 1.165) is 5.56 Å². The van der Waals surface area contributed by atoms with Crippen LogP contribution in [0, 0.1) is 13.8 Å². The number of hydrogen-bond acceptors (Lipinski definition) is 4. The highest BCUT2D eigenvalue weighted by molar-refractivity contribution is 6.12. The molecular formula is C24H21N3O3. The second-order valence-electron chi connectivity index (χ2n) is 7.16. The topological polar surface area (TPSA) is 73.2 Å². The van der Waals surface area contributed by atoms with Crippen LogP contribution in [-0.2, 0) is 7.05 Å². The number of nitrogens with one attached hydrogen (secondary N) is 1. The molecule has 2 heterocycles. The minimum atomic E-state index is -0.367. The molecule has 0 fully saturated rings. The molecule has 0 atom stereocenters. The number of carbonyl (C=O) groups excluding carboxylic acids is 1. The molecule has 2 aromatic carbocycles. The van der Waals surface area contributed by atoms with Gasteiger partial charge in [0.1, 0.15) is 5.75 Å². The lowest BCUT2D eigenvalue weighted by atomic mass is 10.1. The van der Waals surface area contributed by atoms with Gasteiger partial charge in [-0.25, -0.2) is 4.98 Å². The van der Waals surface area contributed by atoms with Crippen LogP contribution >= 0.6 is 0 Å². The number of benzene rings is 2. The molecule has 0 saturated carbocycles. The van der Waals surface area contributed by atoms with Gasteiger partial charge in [0.15, 0.2) is 0 Å². The summed E-state index contributed by atoms with van der Waals surface area (Å²) in [5, 5.41) is 3.51. The van der Waals surface area contributed by atoms with E-state index in [-0.39, 0.29) is 11.5 Å². The van der Waals surface area contributed by atoms with Gasteiger partial charge in [0.2, 0.25) is 5.88 Å². The Bertz CT molecular complexity index is 1310. The molecule has 4 aromatic rings. The van der Waals surface area contributed by atoms with Crippen molar-refractivity contribution in [1.82, 2.24) is 9.55 Å². The third-order valence-electron chi connectivity index (χ3n) is 5.09. The quantitative estimate of drug-likeness (QED) is 0.545.